The largest absolute Gasteiger partial charge is 0.343 e. The van der Waals surface area contributed by atoms with Gasteiger partial charge >= 0.3 is 0 Å². The molecule has 3 heteroatoms. The molecule has 0 spiro atoms. The number of hydrogen-bond acceptors (Lipinski definition) is 0. The predicted octanol–water partition coefficient (Wildman–Crippen LogP) is 4.79. The van der Waals surface area contributed by atoms with Crippen LogP contribution in [-0.2, 0) is 6.54 Å². The number of aromatic nitrogens is 1. The van der Waals surface area contributed by atoms with Gasteiger partial charge in [0.2, 0.25) is 0 Å². The zero-order valence-corrected chi connectivity index (χ0v) is 11.3. The Morgan fingerprint density at radius 2 is 2.00 bits per heavy atom. The van der Waals surface area contributed by atoms with E-state index in [0.717, 1.165) is 10.9 Å². The molecule has 3 rings (SSSR count). The van der Waals surface area contributed by atoms with Crippen LogP contribution >= 0.6 is 11.6 Å². The van der Waals surface area contributed by atoms with Crippen LogP contribution in [0.15, 0.2) is 48.7 Å². The van der Waals surface area contributed by atoms with Gasteiger partial charge < -0.3 is 4.57 Å². The zero-order chi connectivity index (χ0) is 13.4. The minimum atomic E-state index is -0.335. The summed E-state index contributed by atoms with van der Waals surface area (Å²) in [6.45, 7) is 2.54. The minimum absolute atomic E-state index is 0.171. The van der Waals surface area contributed by atoms with Gasteiger partial charge in [0.05, 0.1) is 11.6 Å². The van der Waals surface area contributed by atoms with Gasteiger partial charge in [-0.05, 0) is 36.1 Å². The van der Waals surface area contributed by atoms with Gasteiger partial charge in [0.1, 0.15) is 5.82 Å². The van der Waals surface area contributed by atoms with E-state index in [2.05, 4.69) is 25.1 Å². The highest BCUT2D eigenvalue weighted by molar-refractivity contribution is 6.30. The fraction of sp³-hybridized carbons (Fsp3) is 0.125. The third-order valence-corrected chi connectivity index (χ3v) is 3.59. The molecule has 1 nitrogen and oxygen atoms in total. The van der Waals surface area contributed by atoms with Crippen LogP contribution < -0.4 is 0 Å². The van der Waals surface area contributed by atoms with Crippen molar-refractivity contribution < 1.29 is 4.39 Å². The molecule has 0 unspecified atom stereocenters. The summed E-state index contributed by atoms with van der Waals surface area (Å²) in [4.78, 5) is 0. The van der Waals surface area contributed by atoms with Gasteiger partial charge in [0.25, 0.3) is 0 Å². The number of nitrogens with zero attached hydrogens (tertiary/aromatic N) is 1. The fourth-order valence-electron chi connectivity index (χ4n) is 2.29. The lowest BCUT2D eigenvalue weighted by molar-refractivity contribution is 0.602. The molecule has 0 amide bonds. The van der Waals surface area contributed by atoms with Crippen LogP contribution in [0.4, 0.5) is 4.39 Å². The average Bonchev–Trinajstić information content (AvgIpc) is 2.78. The molecular weight excluding hydrogens is 261 g/mol. The standard InChI is InChI=1S/C16H13ClFN/c1-11-5-6-12-7-8-19(15(12)9-11)10-13-3-2-4-14(17)16(13)18/h2-9H,10H2,1H3. The number of fused-ring (bicyclic) bond motifs is 1. The van der Waals surface area contributed by atoms with Crippen molar-refractivity contribution in [2.45, 2.75) is 13.5 Å². The topological polar surface area (TPSA) is 4.93 Å². The van der Waals surface area contributed by atoms with Crippen molar-refractivity contribution >= 4 is 22.5 Å². The van der Waals surface area contributed by atoms with Gasteiger partial charge in [0.15, 0.2) is 0 Å². The van der Waals surface area contributed by atoms with Crippen molar-refractivity contribution in [2.75, 3.05) is 0 Å². The van der Waals surface area contributed by atoms with E-state index in [1.54, 1.807) is 18.2 Å². The lowest BCUT2D eigenvalue weighted by Gasteiger charge is -2.08. The van der Waals surface area contributed by atoms with Gasteiger partial charge in [-0.2, -0.15) is 0 Å². The van der Waals surface area contributed by atoms with Crippen LogP contribution in [0.25, 0.3) is 10.9 Å². The third kappa shape index (κ3) is 2.24. The Bertz CT molecular complexity index is 746. The lowest BCUT2D eigenvalue weighted by atomic mass is 10.2. The molecular formula is C16H13ClFN. The molecule has 0 bridgehead atoms. The summed E-state index contributed by atoms with van der Waals surface area (Å²) < 4.78 is 16.0. The van der Waals surface area contributed by atoms with Gasteiger partial charge in [0, 0.05) is 17.3 Å². The van der Waals surface area contributed by atoms with Crippen molar-refractivity contribution in [3.63, 3.8) is 0 Å². The Labute approximate surface area is 116 Å². The molecule has 1 heterocycles. The second kappa shape index (κ2) is 4.71. The van der Waals surface area contributed by atoms with E-state index in [0.29, 0.717) is 12.1 Å². The van der Waals surface area contributed by atoms with E-state index in [1.165, 1.54) is 5.56 Å². The van der Waals surface area contributed by atoms with E-state index in [1.807, 2.05) is 16.8 Å². The predicted molar refractivity (Wildman–Crippen MR) is 77.2 cm³/mol. The molecule has 2 aromatic carbocycles. The van der Waals surface area contributed by atoms with Crippen molar-refractivity contribution in [1.29, 1.82) is 0 Å². The Morgan fingerprint density at radius 3 is 2.84 bits per heavy atom. The minimum Gasteiger partial charge on any atom is -0.343 e. The first-order valence-corrected chi connectivity index (χ1v) is 6.51. The highest BCUT2D eigenvalue weighted by atomic mass is 35.5. The highest BCUT2D eigenvalue weighted by Crippen LogP contribution is 2.22. The number of hydrogen-bond donors (Lipinski definition) is 0. The molecule has 19 heavy (non-hydrogen) atoms. The summed E-state index contributed by atoms with van der Waals surface area (Å²) in [6.07, 6.45) is 1.98. The van der Waals surface area contributed by atoms with Gasteiger partial charge in [-0.1, -0.05) is 35.9 Å². The molecule has 0 atom stereocenters. The Balaban J connectivity index is 2.06. The maximum absolute atomic E-state index is 13.9. The lowest BCUT2D eigenvalue weighted by Crippen LogP contribution is -2.00. The van der Waals surface area contributed by atoms with Crippen molar-refractivity contribution in [1.82, 2.24) is 4.57 Å². The molecule has 1 aromatic heterocycles. The first-order chi connectivity index (χ1) is 9.15. The summed E-state index contributed by atoms with van der Waals surface area (Å²) in [5.41, 5.74) is 2.91. The summed E-state index contributed by atoms with van der Waals surface area (Å²) in [5.74, 6) is -0.335. The van der Waals surface area contributed by atoms with Crippen LogP contribution in [0.5, 0.6) is 0 Å². The van der Waals surface area contributed by atoms with E-state index in [9.17, 15) is 4.39 Å². The fourth-order valence-corrected chi connectivity index (χ4v) is 2.48. The molecule has 0 aliphatic heterocycles. The van der Waals surface area contributed by atoms with Gasteiger partial charge in [-0.15, -0.1) is 0 Å². The van der Waals surface area contributed by atoms with Crippen LogP contribution in [0.2, 0.25) is 5.02 Å². The van der Waals surface area contributed by atoms with Crippen LogP contribution in [0.3, 0.4) is 0 Å². The quantitative estimate of drug-likeness (QED) is 0.633. The van der Waals surface area contributed by atoms with Gasteiger partial charge in [-0.25, -0.2) is 4.39 Å². The molecule has 0 saturated heterocycles. The zero-order valence-electron chi connectivity index (χ0n) is 10.5. The normalized spacial score (nSPS) is 11.1. The van der Waals surface area contributed by atoms with Crippen LogP contribution in [-0.4, -0.2) is 4.57 Å². The summed E-state index contributed by atoms with van der Waals surface area (Å²) in [7, 11) is 0. The van der Waals surface area contributed by atoms with E-state index in [4.69, 9.17) is 11.6 Å². The van der Waals surface area contributed by atoms with E-state index < -0.39 is 0 Å². The molecule has 0 fully saturated rings. The SMILES string of the molecule is Cc1ccc2ccn(Cc3cccc(Cl)c3F)c2c1. The number of benzene rings is 2. The maximum atomic E-state index is 13.9. The second-order valence-electron chi connectivity index (χ2n) is 4.72. The van der Waals surface area contributed by atoms with E-state index >= 15 is 0 Å². The Morgan fingerprint density at radius 1 is 1.16 bits per heavy atom. The Hall–Kier alpha value is -1.80. The van der Waals surface area contributed by atoms with Crippen LogP contribution in [0.1, 0.15) is 11.1 Å². The average molecular weight is 274 g/mol. The molecule has 96 valence electrons. The summed E-state index contributed by atoms with van der Waals surface area (Å²) in [5, 5.41) is 1.33. The van der Waals surface area contributed by atoms with Crippen molar-refractivity contribution in [3.8, 4) is 0 Å². The molecule has 0 radical (unpaired) electrons. The number of aryl methyl sites for hydroxylation is 1. The third-order valence-electron chi connectivity index (χ3n) is 3.30. The van der Waals surface area contributed by atoms with Crippen molar-refractivity contribution in [3.05, 3.63) is 70.6 Å². The number of halogens is 2. The van der Waals surface area contributed by atoms with E-state index in [-0.39, 0.29) is 10.8 Å². The molecule has 0 N–H and O–H groups in total. The smallest absolute Gasteiger partial charge is 0.146 e. The van der Waals surface area contributed by atoms with Gasteiger partial charge in [-0.3, -0.25) is 0 Å². The van der Waals surface area contributed by atoms with Crippen LogP contribution in [0, 0.1) is 12.7 Å². The maximum Gasteiger partial charge on any atom is 0.146 e. The molecule has 0 saturated carbocycles. The van der Waals surface area contributed by atoms with Crippen molar-refractivity contribution in [2.24, 2.45) is 0 Å². The molecule has 0 aliphatic rings. The number of rotatable bonds is 2. The summed E-state index contributed by atoms with van der Waals surface area (Å²) in [6, 6.07) is 13.4. The first-order valence-electron chi connectivity index (χ1n) is 6.13. The second-order valence-corrected chi connectivity index (χ2v) is 5.13. The summed E-state index contributed by atoms with van der Waals surface area (Å²) >= 11 is 5.81. The Kier molecular flexibility index (Phi) is 3.03. The molecule has 3 aromatic rings. The first kappa shape index (κ1) is 12.2. The highest BCUT2D eigenvalue weighted by Gasteiger charge is 2.08. The molecule has 0 aliphatic carbocycles. The monoisotopic (exact) mass is 273 g/mol.